The van der Waals surface area contributed by atoms with Crippen LogP contribution in [0.2, 0.25) is 0 Å². The summed E-state index contributed by atoms with van der Waals surface area (Å²) in [7, 11) is 0. The van der Waals surface area contributed by atoms with E-state index in [2.05, 4.69) is 23.3 Å². The standard InChI is InChI=1S/C11H16N2O/c1-11(8-14-9-11)7-13-6-10-3-2-4-12-5-10/h2-5,13H,6-9H2,1H3. The summed E-state index contributed by atoms with van der Waals surface area (Å²) in [5, 5.41) is 3.42. The number of hydrogen-bond donors (Lipinski definition) is 1. The number of hydrogen-bond acceptors (Lipinski definition) is 3. The van der Waals surface area contributed by atoms with Gasteiger partial charge in [0.05, 0.1) is 13.2 Å². The quantitative estimate of drug-likeness (QED) is 0.778. The van der Waals surface area contributed by atoms with Crippen LogP contribution in [0, 0.1) is 5.41 Å². The zero-order valence-corrected chi connectivity index (χ0v) is 8.49. The Hall–Kier alpha value is -0.930. The summed E-state index contributed by atoms with van der Waals surface area (Å²) in [5.41, 5.74) is 1.58. The van der Waals surface area contributed by atoms with E-state index in [-0.39, 0.29) is 0 Å². The monoisotopic (exact) mass is 192 g/mol. The highest BCUT2D eigenvalue weighted by molar-refractivity contribution is 5.07. The first-order chi connectivity index (χ1) is 6.79. The lowest BCUT2D eigenvalue weighted by atomic mass is 9.89. The SMILES string of the molecule is CC1(CNCc2cccnc2)COC1. The van der Waals surface area contributed by atoms with Crippen LogP contribution in [0.4, 0.5) is 0 Å². The van der Waals surface area contributed by atoms with Gasteiger partial charge in [-0.2, -0.15) is 0 Å². The smallest absolute Gasteiger partial charge is 0.0554 e. The van der Waals surface area contributed by atoms with Crippen LogP contribution in [-0.2, 0) is 11.3 Å². The summed E-state index contributed by atoms with van der Waals surface area (Å²) in [6.45, 7) is 5.91. The highest BCUT2D eigenvalue weighted by Gasteiger charge is 2.32. The number of nitrogens with zero attached hydrogens (tertiary/aromatic N) is 1. The summed E-state index contributed by atoms with van der Waals surface area (Å²) in [6.07, 6.45) is 3.69. The summed E-state index contributed by atoms with van der Waals surface area (Å²) in [4.78, 5) is 4.07. The van der Waals surface area contributed by atoms with Crippen LogP contribution in [0.5, 0.6) is 0 Å². The maximum Gasteiger partial charge on any atom is 0.0554 e. The average Bonchev–Trinajstić information content (AvgIpc) is 2.17. The fraction of sp³-hybridized carbons (Fsp3) is 0.545. The van der Waals surface area contributed by atoms with E-state index in [1.807, 2.05) is 12.3 Å². The van der Waals surface area contributed by atoms with E-state index in [1.54, 1.807) is 6.20 Å². The van der Waals surface area contributed by atoms with Gasteiger partial charge in [0.1, 0.15) is 0 Å². The van der Waals surface area contributed by atoms with Crippen LogP contribution in [-0.4, -0.2) is 24.7 Å². The van der Waals surface area contributed by atoms with E-state index in [4.69, 9.17) is 4.74 Å². The highest BCUT2D eigenvalue weighted by Crippen LogP contribution is 2.25. The number of aromatic nitrogens is 1. The summed E-state index contributed by atoms with van der Waals surface area (Å²) < 4.78 is 5.19. The van der Waals surface area contributed by atoms with Crippen LogP contribution in [0.1, 0.15) is 12.5 Å². The summed E-state index contributed by atoms with van der Waals surface area (Å²) >= 11 is 0. The molecule has 0 amide bonds. The molecule has 1 aromatic rings. The lowest BCUT2D eigenvalue weighted by Gasteiger charge is -2.38. The van der Waals surface area contributed by atoms with Crippen molar-refractivity contribution in [3.63, 3.8) is 0 Å². The predicted octanol–water partition coefficient (Wildman–Crippen LogP) is 1.21. The summed E-state index contributed by atoms with van der Waals surface area (Å²) in [6, 6.07) is 4.05. The molecule has 76 valence electrons. The molecule has 1 aromatic heterocycles. The molecule has 0 atom stereocenters. The number of rotatable bonds is 4. The number of pyridine rings is 1. The molecule has 1 N–H and O–H groups in total. The van der Waals surface area contributed by atoms with Gasteiger partial charge in [-0.1, -0.05) is 13.0 Å². The molecule has 3 heteroatoms. The Morgan fingerprint density at radius 1 is 1.57 bits per heavy atom. The second-order valence-corrected chi connectivity index (χ2v) is 4.27. The molecule has 1 aliphatic heterocycles. The minimum atomic E-state index is 0.349. The maximum absolute atomic E-state index is 5.19. The first kappa shape index (κ1) is 9.62. The fourth-order valence-corrected chi connectivity index (χ4v) is 1.56. The molecule has 14 heavy (non-hydrogen) atoms. The first-order valence-electron chi connectivity index (χ1n) is 4.96. The molecule has 0 aliphatic carbocycles. The van der Waals surface area contributed by atoms with Gasteiger partial charge in [-0.3, -0.25) is 4.98 Å². The van der Waals surface area contributed by atoms with Gasteiger partial charge < -0.3 is 10.1 Å². The lowest BCUT2D eigenvalue weighted by molar-refractivity contribution is -0.0991. The molecular weight excluding hydrogens is 176 g/mol. The molecule has 0 saturated carbocycles. The van der Waals surface area contributed by atoms with Gasteiger partial charge in [-0.15, -0.1) is 0 Å². The Kier molecular flexibility index (Phi) is 2.79. The van der Waals surface area contributed by atoms with Crippen LogP contribution < -0.4 is 5.32 Å². The molecule has 2 heterocycles. The van der Waals surface area contributed by atoms with E-state index < -0.39 is 0 Å². The van der Waals surface area contributed by atoms with Crippen molar-refractivity contribution >= 4 is 0 Å². The van der Waals surface area contributed by atoms with E-state index >= 15 is 0 Å². The van der Waals surface area contributed by atoms with E-state index in [9.17, 15) is 0 Å². The topological polar surface area (TPSA) is 34.2 Å². The minimum absolute atomic E-state index is 0.349. The van der Waals surface area contributed by atoms with Crippen molar-refractivity contribution in [1.82, 2.24) is 10.3 Å². The fourth-order valence-electron chi connectivity index (χ4n) is 1.56. The zero-order valence-electron chi connectivity index (χ0n) is 8.49. The molecule has 3 nitrogen and oxygen atoms in total. The lowest BCUT2D eigenvalue weighted by Crippen LogP contribution is -2.47. The molecule has 1 aliphatic rings. The van der Waals surface area contributed by atoms with E-state index in [1.165, 1.54) is 5.56 Å². The molecule has 2 rings (SSSR count). The van der Waals surface area contributed by atoms with Crippen molar-refractivity contribution < 1.29 is 4.74 Å². The third-order valence-corrected chi connectivity index (χ3v) is 2.50. The van der Waals surface area contributed by atoms with Gasteiger partial charge in [-0.05, 0) is 11.6 Å². The van der Waals surface area contributed by atoms with Crippen molar-refractivity contribution in [2.24, 2.45) is 5.41 Å². The van der Waals surface area contributed by atoms with Crippen LogP contribution >= 0.6 is 0 Å². The minimum Gasteiger partial charge on any atom is -0.380 e. The number of nitrogens with one attached hydrogen (secondary N) is 1. The molecular formula is C11H16N2O. The van der Waals surface area contributed by atoms with Crippen molar-refractivity contribution in [2.75, 3.05) is 19.8 Å². The van der Waals surface area contributed by atoms with Crippen molar-refractivity contribution in [2.45, 2.75) is 13.5 Å². The Morgan fingerprint density at radius 3 is 3.00 bits per heavy atom. The zero-order chi connectivity index (χ0) is 9.86. The molecule has 0 bridgehead atoms. The molecule has 0 spiro atoms. The average molecular weight is 192 g/mol. The van der Waals surface area contributed by atoms with Gasteiger partial charge in [0.15, 0.2) is 0 Å². The summed E-state index contributed by atoms with van der Waals surface area (Å²) in [5.74, 6) is 0. The second-order valence-electron chi connectivity index (χ2n) is 4.27. The second kappa shape index (κ2) is 4.07. The molecule has 1 fully saturated rings. The number of ether oxygens (including phenoxy) is 1. The Bertz CT molecular complexity index is 283. The molecule has 1 saturated heterocycles. The van der Waals surface area contributed by atoms with Gasteiger partial charge in [0.25, 0.3) is 0 Å². The Balaban J connectivity index is 1.73. The third-order valence-electron chi connectivity index (χ3n) is 2.50. The maximum atomic E-state index is 5.19. The van der Waals surface area contributed by atoms with Gasteiger partial charge in [0.2, 0.25) is 0 Å². The van der Waals surface area contributed by atoms with Crippen molar-refractivity contribution in [1.29, 1.82) is 0 Å². The van der Waals surface area contributed by atoms with Crippen LogP contribution in [0.3, 0.4) is 0 Å². The predicted molar refractivity (Wildman–Crippen MR) is 54.9 cm³/mol. The largest absolute Gasteiger partial charge is 0.380 e. The third kappa shape index (κ3) is 2.30. The van der Waals surface area contributed by atoms with Gasteiger partial charge in [0, 0.05) is 30.9 Å². The Labute approximate surface area is 84.5 Å². The van der Waals surface area contributed by atoms with Crippen LogP contribution in [0.25, 0.3) is 0 Å². The first-order valence-corrected chi connectivity index (χ1v) is 4.96. The van der Waals surface area contributed by atoms with Gasteiger partial charge in [-0.25, -0.2) is 0 Å². The molecule has 0 aromatic carbocycles. The van der Waals surface area contributed by atoms with E-state index in [0.29, 0.717) is 5.41 Å². The normalized spacial score (nSPS) is 18.9. The molecule has 0 unspecified atom stereocenters. The highest BCUT2D eigenvalue weighted by atomic mass is 16.5. The van der Waals surface area contributed by atoms with Crippen molar-refractivity contribution in [3.8, 4) is 0 Å². The van der Waals surface area contributed by atoms with Crippen LogP contribution in [0.15, 0.2) is 24.5 Å². The van der Waals surface area contributed by atoms with E-state index in [0.717, 1.165) is 26.3 Å². The molecule has 0 radical (unpaired) electrons. The van der Waals surface area contributed by atoms with Crippen molar-refractivity contribution in [3.05, 3.63) is 30.1 Å². The Morgan fingerprint density at radius 2 is 2.43 bits per heavy atom. The van der Waals surface area contributed by atoms with Gasteiger partial charge >= 0.3 is 0 Å².